The van der Waals surface area contributed by atoms with Crippen LogP contribution in [-0.2, 0) is 4.79 Å². The van der Waals surface area contributed by atoms with Gasteiger partial charge in [0.05, 0.1) is 16.8 Å². The van der Waals surface area contributed by atoms with E-state index in [0.29, 0.717) is 16.2 Å². The highest BCUT2D eigenvalue weighted by Crippen LogP contribution is 2.21. The Morgan fingerprint density at radius 1 is 1.42 bits per heavy atom. The SMILES string of the molecule is CC(C)NC(=O)CSc1nc2cc(F)c(F)cc2[nH]1. The number of aromatic amines is 1. The second-order valence-corrected chi connectivity index (χ2v) is 5.30. The third-order valence-electron chi connectivity index (χ3n) is 2.29. The van der Waals surface area contributed by atoms with Gasteiger partial charge in [0.1, 0.15) is 0 Å². The van der Waals surface area contributed by atoms with Gasteiger partial charge >= 0.3 is 0 Å². The van der Waals surface area contributed by atoms with Crippen LogP contribution < -0.4 is 5.32 Å². The van der Waals surface area contributed by atoms with Crippen molar-refractivity contribution < 1.29 is 13.6 Å². The average molecular weight is 285 g/mol. The molecule has 0 aliphatic rings. The number of hydrogen-bond acceptors (Lipinski definition) is 3. The third-order valence-corrected chi connectivity index (χ3v) is 3.17. The van der Waals surface area contributed by atoms with Gasteiger partial charge in [0.2, 0.25) is 5.91 Å². The highest BCUT2D eigenvalue weighted by Gasteiger charge is 2.10. The van der Waals surface area contributed by atoms with Gasteiger partial charge in [0.25, 0.3) is 0 Å². The zero-order chi connectivity index (χ0) is 14.0. The third kappa shape index (κ3) is 3.44. The summed E-state index contributed by atoms with van der Waals surface area (Å²) in [4.78, 5) is 18.4. The first-order chi connectivity index (χ1) is 8.95. The lowest BCUT2D eigenvalue weighted by atomic mass is 10.3. The summed E-state index contributed by atoms with van der Waals surface area (Å²) in [6, 6.07) is 2.15. The molecule has 102 valence electrons. The molecule has 0 radical (unpaired) electrons. The van der Waals surface area contributed by atoms with E-state index in [0.717, 1.165) is 12.1 Å². The van der Waals surface area contributed by atoms with Crippen molar-refractivity contribution in [2.24, 2.45) is 0 Å². The minimum absolute atomic E-state index is 0.0759. The number of carbonyl (C=O) groups is 1. The standard InChI is InChI=1S/C12H13F2N3OS/c1-6(2)15-11(18)5-19-12-16-9-3-7(13)8(14)4-10(9)17-12/h3-4,6H,5H2,1-2H3,(H,15,18)(H,16,17). The van der Waals surface area contributed by atoms with Crippen LogP contribution in [0.4, 0.5) is 8.78 Å². The van der Waals surface area contributed by atoms with Crippen molar-refractivity contribution in [3.63, 3.8) is 0 Å². The number of nitrogens with one attached hydrogen (secondary N) is 2. The van der Waals surface area contributed by atoms with Gasteiger partial charge in [-0.15, -0.1) is 0 Å². The van der Waals surface area contributed by atoms with E-state index < -0.39 is 11.6 Å². The van der Waals surface area contributed by atoms with E-state index in [2.05, 4.69) is 15.3 Å². The molecule has 0 aliphatic carbocycles. The molecular formula is C12H13F2N3OS. The highest BCUT2D eigenvalue weighted by atomic mass is 32.2. The van der Waals surface area contributed by atoms with Gasteiger partial charge < -0.3 is 10.3 Å². The first kappa shape index (κ1) is 13.8. The molecule has 7 heteroatoms. The Morgan fingerprint density at radius 3 is 2.79 bits per heavy atom. The lowest BCUT2D eigenvalue weighted by Gasteiger charge is -2.06. The van der Waals surface area contributed by atoms with Crippen molar-refractivity contribution in [3.05, 3.63) is 23.8 Å². The second kappa shape index (κ2) is 5.56. The van der Waals surface area contributed by atoms with Gasteiger partial charge in [-0.25, -0.2) is 13.8 Å². The Bertz CT molecular complexity index is 573. The molecule has 0 saturated heterocycles. The number of nitrogens with zero attached hydrogens (tertiary/aromatic N) is 1. The molecule has 1 heterocycles. The Morgan fingerprint density at radius 2 is 2.11 bits per heavy atom. The van der Waals surface area contributed by atoms with Gasteiger partial charge in [0.15, 0.2) is 16.8 Å². The molecule has 1 amide bonds. The van der Waals surface area contributed by atoms with Crippen molar-refractivity contribution in [2.75, 3.05) is 5.75 Å². The zero-order valence-electron chi connectivity index (χ0n) is 10.5. The van der Waals surface area contributed by atoms with Crippen molar-refractivity contribution in [2.45, 2.75) is 25.0 Å². The lowest BCUT2D eigenvalue weighted by molar-refractivity contribution is -0.119. The maximum atomic E-state index is 13.0. The van der Waals surface area contributed by atoms with Crippen LogP contribution in [0.1, 0.15) is 13.8 Å². The summed E-state index contributed by atoms with van der Waals surface area (Å²) in [6.45, 7) is 3.74. The summed E-state index contributed by atoms with van der Waals surface area (Å²) in [5.74, 6) is -1.78. The molecule has 19 heavy (non-hydrogen) atoms. The van der Waals surface area contributed by atoms with Gasteiger partial charge in [-0.2, -0.15) is 0 Å². The number of benzene rings is 1. The molecule has 1 aromatic heterocycles. The molecule has 2 rings (SSSR count). The minimum Gasteiger partial charge on any atom is -0.353 e. The largest absolute Gasteiger partial charge is 0.353 e. The van der Waals surface area contributed by atoms with Crippen molar-refractivity contribution in [1.82, 2.24) is 15.3 Å². The van der Waals surface area contributed by atoms with Crippen molar-refractivity contribution in [1.29, 1.82) is 0 Å². The first-order valence-electron chi connectivity index (χ1n) is 5.72. The first-order valence-corrected chi connectivity index (χ1v) is 6.71. The van der Waals surface area contributed by atoms with Crippen LogP contribution in [0.2, 0.25) is 0 Å². The lowest BCUT2D eigenvalue weighted by Crippen LogP contribution is -2.31. The van der Waals surface area contributed by atoms with Crippen molar-refractivity contribution in [3.8, 4) is 0 Å². The Balaban J connectivity index is 2.08. The molecule has 2 aromatic rings. The molecular weight excluding hydrogens is 272 g/mol. The molecule has 0 aliphatic heterocycles. The second-order valence-electron chi connectivity index (χ2n) is 4.34. The van der Waals surface area contributed by atoms with Crippen LogP contribution in [0.25, 0.3) is 11.0 Å². The number of amides is 1. The van der Waals surface area contributed by atoms with Crippen LogP contribution in [-0.4, -0.2) is 27.7 Å². The molecule has 2 N–H and O–H groups in total. The number of aromatic nitrogens is 2. The van der Waals surface area contributed by atoms with E-state index in [-0.39, 0.29) is 17.7 Å². The number of hydrogen-bond donors (Lipinski definition) is 2. The maximum Gasteiger partial charge on any atom is 0.230 e. The number of rotatable bonds is 4. The fourth-order valence-electron chi connectivity index (χ4n) is 1.55. The van der Waals surface area contributed by atoms with E-state index in [1.54, 1.807) is 0 Å². The molecule has 0 saturated carbocycles. The quantitative estimate of drug-likeness (QED) is 0.848. The molecule has 1 aromatic carbocycles. The summed E-state index contributed by atoms with van der Waals surface area (Å²) >= 11 is 1.18. The van der Waals surface area contributed by atoms with Crippen LogP contribution in [0.3, 0.4) is 0 Å². The molecule has 4 nitrogen and oxygen atoms in total. The van der Waals surface area contributed by atoms with Gasteiger partial charge in [0, 0.05) is 18.2 Å². The monoisotopic (exact) mass is 285 g/mol. The molecule has 0 atom stereocenters. The van der Waals surface area contributed by atoms with Crippen LogP contribution >= 0.6 is 11.8 Å². The Hall–Kier alpha value is -1.63. The average Bonchev–Trinajstić information content (AvgIpc) is 2.68. The summed E-state index contributed by atoms with van der Waals surface area (Å²) in [5.41, 5.74) is 0.747. The fraction of sp³-hybridized carbons (Fsp3) is 0.333. The fourth-order valence-corrected chi connectivity index (χ4v) is 2.24. The summed E-state index contributed by atoms with van der Waals surface area (Å²) in [6.07, 6.45) is 0. The number of halogens is 2. The normalized spacial score (nSPS) is 11.2. The molecule has 0 fully saturated rings. The van der Waals surface area contributed by atoms with E-state index in [9.17, 15) is 13.6 Å². The topological polar surface area (TPSA) is 57.8 Å². The van der Waals surface area contributed by atoms with Gasteiger partial charge in [-0.1, -0.05) is 11.8 Å². The molecule has 0 bridgehead atoms. The van der Waals surface area contributed by atoms with E-state index in [4.69, 9.17) is 0 Å². The predicted molar refractivity (Wildman–Crippen MR) is 70.0 cm³/mol. The smallest absolute Gasteiger partial charge is 0.230 e. The van der Waals surface area contributed by atoms with Crippen LogP contribution in [0.5, 0.6) is 0 Å². The summed E-state index contributed by atoms with van der Waals surface area (Å²) in [7, 11) is 0. The predicted octanol–water partition coefficient (Wildman–Crippen LogP) is 2.46. The minimum atomic E-state index is -0.937. The zero-order valence-corrected chi connectivity index (χ0v) is 11.3. The van der Waals surface area contributed by atoms with Gasteiger partial charge in [-0.05, 0) is 13.8 Å². The van der Waals surface area contributed by atoms with Crippen LogP contribution in [0, 0.1) is 11.6 Å². The number of imidazole rings is 1. The number of H-pyrrole nitrogens is 1. The molecule has 0 unspecified atom stereocenters. The highest BCUT2D eigenvalue weighted by molar-refractivity contribution is 7.99. The van der Waals surface area contributed by atoms with E-state index in [1.165, 1.54) is 11.8 Å². The number of fused-ring (bicyclic) bond motifs is 1. The summed E-state index contributed by atoms with van der Waals surface area (Å²) in [5, 5.41) is 3.20. The number of thioether (sulfide) groups is 1. The summed E-state index contributed by atoms with van der Waals surface area (Å²) < 4.78 is 26.0. The van der Waals surface area contributed by atoms with E-state index in [1.807, 2.05) is 13.8 Å². The number of carbonyl (C=O) groups excluding carboxylic acids is 1. The van der Waals surface area contributed by atoms with Crippen molar-refractivity contribution >= 4 is 28.7 Å². The molecule has 0 spiro atoms. The van der Waals surface area contributed by atoms with E-state index >= 15 is 0 Å². The van der Waals surface area contributed by atoms with Crippen LogP contribution in [0.15, 0.2) is 17.3 Å². The maximum absolute atomic E-state index is 13.0. The van der Waals surface area contributed by atoms with Gasteiger partial charge in [-0.3, -0.25) is 4.79 Å². The Labute approximate surface area is 113 Å². The Kier molecular flexibility index (Phi) is 4.04.